The summed E-state index contributed by atoms with van der Waals surface area (Å²) in [6.07, 6.45) is -1.14. The zero-order valence-corrected chi connectivity index (χ0v) is 6.79. The van der Waals surface area contributed by atoms with E-state index in [1.165, 1.54) is 19.0 Å². The first-order chi connectivity index (χ1) is 4.92. The summed E-state index contributed by atoms with van der Waals surface area (Å²) in [7, 11) is -1.07. The molecule has 0 aromatic rings. The zero-order valence-electron chi connectivity index (χ0n) is 5.97. The summed E-state index contributed by atoms with van der Waals surface area (Å²) >= 11 is 0. The Morgan fingerprint density at radius 2 is 2.00 bits per heavy atom. The Morgan fingerprint density at radius 1 is 1.45 bits per heavy atom. The van der Waals surface area contributed by atoms with Gasteiger partial charge in [-0.3, -0.25) is 4.90 Å². The first-order valence-corrected chi connectivity index (χ1v) is 4.09. The van der Waals surface area contributed by atoms with Crippen LogP contribution in [0.5, 0.6) is 0 Å². The number of carbonyl (C=O) groups excluding carboxylic acids is 1. The molecule has 0 saturated carbocycles. The molecule has 0 bridgehead atoms. The van der Waals surface area contributed by atoms with E-state index in [2.05, 4.69) is 8.37 Å². The number of hydrogen-bond acceptors (Lipinski definition) is 6. The largest absolute Gasteiger partial charge is 0.453 e. The molecule has 11 heavy (non-hydrogen) atoms. The summed E-state index contributed by atoms with van der Waals surface area (Å²) < 4.78 is 29.1. The summed E-state index contributed by atoms with van der Waals surface area (Å²) in [4.78, 5) is 12.0. The maximum Gasteiger partial charge on any atom is 0.453 e. The molecule has 0 N–H and O–H groups in total. The van der Waals surface area contributed by atoms with E-state index in [1.807, 2.05) is 0 Å². The van der Waals surface area contributed by atoms with Gasteiger partial charge < -0.3 is 4.18 Å². The van der Waals surface area contributed by atoms with Gasteiger partial charge in [-0.05, 0) is 14.1 Å². The van der Waals surface area contributed by atoms with Gasteiger partial charge in [0.2, 0.25) is 6.23 Å². The van der Waals surface area contributed by atoms with Crippen LogP contribution in [0.4, 0.5) is 0 Å². The lowest BCUT2D eigenvalue weighted by Crippen LogP contribution is -2.33. The van der Waals surface area contributed by atoms with Crippen molar-refractivity contribution in [2.45, 2.75) is 6.23 Å². The molecule has 0 aromatic carbocycles. The van der Waals surface area contributed by atoms with Crippen molar-refractivity contribution < 1.29 is 21.6 Å². The van der Waals surface area contributed by atoms with Crippen LogP contribution in [0.3, 0.4) is 0 Å². The van der Waals surface area contributed by atoms with Gasteiger partial charge >= 0.3 is 16.4 Å². The molecule has 1 aliphatic rings. The van der Waals surface area contributed by atoms with Crippen molar-refractivity contribution in [3.05, 3.63) is 0 Å². The van der Waals surface area contributed by atoms with Gasteiger partial charge in [0.25, 0.3) is 0 Å². The summed E-state index contributed by atoms with van der Waals surface area (Å²) in [6, 6.07) is 0. The Balaban J connectivity index is 2.83. The molecular formula is C4H7NO5S. The lowest BCUT2D eigenvalue weighted by molar-refractivity contribution is -0.141. The summed E-state index contributed by atoms with van der Waals surface area (Å²) in [5, 5.41) is 0. The van der Waals surface area contributed by atoms with Crippen LogP contribution in [-0.2, 0) is 23.6 Å². The molecule has 1 aliphatic heterocycles. The third-order valence-corrected chi connectivity index (χ3v) is 1.85. The monoisotopic (exact) mass is 181 g/mol. The van der Waals surface area contributed by atoms with E-state index in [9.17, 15) is 13.2 Å². The van der Waals surface area contributed by atoms with Gasteiger partial charge in [0, 0.05) is 0 Å². The highest BCUT2D eigenvalue weighted by atomic mass is 32.3. The minimum absolute atomic E-state index is 0.907. The van der Waals surface area contributed by atoms with E-state index in [4.69, 9.17) is 0 Å². The second-order valence-corrected chi connectivity index (χ2v) is 3.40. The fourth-order valence-corrected chi connectivity index (χ4v) is 1.41. The van der Waals surface area contributed by atoms with Crippen LogP contribution >= 0.6 is 0 Å². The second kappa shape index (κ2) is 2.43. The highest BCUT2D eigenvalue weighted by Crippen LogP contribution is 2.15. The lowest BCUT2D eigenvalue weighted by atomic mass is 10.5. The minimum atomic E-state index is -4.08. The van der Waals surface area contributed by atoms with Crippen molar-refractivity contribution in [3.63, 3.8) is 0 Å². The fourth-order valence-electron chi connectivity index (χ4n) is 0.609. The van der Waals surface area contributed by atoms with E-state index in [0.29, 0.717) is 0 Å². The lowest BCUT2D eigenvalue weighted by Gasteiger charge is -2.10. The van der Waals surface area contributed by atoms with Crippen LogP contribution in [0.25, 0.3) is 0 Å². The van der Waals surface area contributed by atoms with E-state index in [1.54, 1.807) is 0 Å². The Morgan fingerprint density at radius 3 is 2.18 bits per heavy atom. The molecule has 1 atom stereocenters. The van der Waals surface area contributed by atoms with Crippen LogP contribution in [0, 0.1) is 0 Å². The highest BCUT2D eigenvalue weighted by Gasteiger charge is 2.40. The quantitative estimate of drug-likeness (QED) is 0.500. The standard InChI is InChI=1S/C4H7NO5S/c1-5(2)3-4(6)10-11(7,8)9-3/h3H,1-2H3. The first-order valence-electron chi connectivity index (χ1n) is 2.75. The van der Waals surface area contributed by atoms with Crippen LogP contribution < -0.4 is 0 Å². The van der Waals surface area contributed by atoms with Crippen LogP contribution in [0.1, 0.15) is 0 Å². The smallest absolute Gasteiger partial charge is 0.320 e. The van der Waals surface area contributed by atoms with Crippen molar-refractivity contribution in [2.24, 2.45) is 0 Å². The number of hydrogen-bond donors (Lipinski definition) is 0. The van der Waals surface area contributed by atoms with Crippen LogP contribution in [0.15, 0.2) is 0 Å². The Hall–Kier alpha value is -0.660. The zero-order chi connectivity index (χ0) is 8.65. The predicted molar refractivity (Wildman–Crippen MR) is 33.6 cm³/mol. The molecule has 0 amide bonds. The third-order valence-electron chi connectivity index (χ3n) is 1.06. The normalized spacial score (nSPS) is 29.0. The predicted octanol–water partition coefficient (Wildman–Crippen LogP) is -1.31. The topological polar surface area (TPSA) is 72.9 Å². The third kappa shape index (κ3) is 1.67. The maximum absolute atomic E-state index is 10.7. The number of nitrogens with zero attached hydrogens (tertiary/aromatic N) is 1. The average molecular weight is 181 g/mol. The van der Waals surface area contributed by atoms with Gasteiger partial charge in [0.05, 0.1) is 0 Å². The highest BCUT2D eigenvalue weighted by molar-refractivity contribution is 7.82. The molecule has 7 heteroatoms. The van der Waals surface area contributed by atoms with Gasteiger partial charge in [0.15, 0.2) is 0 Å². The van der Waals surface area contributed by atoms with Gasteiger partial charge in [-0.25, -0.2) is 8.98 Å². The molecule has 0 aromatic heterocycles. The molecule has 64 valence electrons. The number of likely N-dealkylation sites (N-methyl/N-ethyl adjacent to an activating group) is 1. The summed E-state index contributed by atoms with van der Waals surface area (Å²) in [6.45, 7) is 0. The van der Waals surface area contributed by atoms with Crippen molar-refractivity contribution in [2.75, 3.05) is 14.1 Å². The molecule has 1 saturated heterocycles. The molecule has 1 rings (SSSR count). The number of rotatable bonds is 1. The number of carbonyl (C=O) groups is 1. The van der Waals surface area contributed by atoms with Crippen molar-refractivity contribution in [1.29, 1.82) is 0 Å². The van der Waals surface area contributed by atoms with Gasteiger partial charge in [-0.2, -0.15) is 8.42 Å². The van der Waals surface area contributed by atoms with Gasteiger partial charge in [-0.1, -0.05) is 0 Å². The Labute approximate surface area is 64.0 Å². The van der Waals surface area contributed by atoms with Crippen molar-refractivity contribution in [1.82, 2.24) is 4.90 Å². The minimum Gasteiger partial charge on any atom is -0.320 e. The Kier molecular flexibility index (Phi) is 1.87. The van der Waals surface area contributed by atoms with Crippen molar-refractivity contribution >= 4 is 16.4 Å². The molecular weight excluding hydrogens is 174 g/mol. The Bertz CT molecular complexity index is 268. The van der Waals surface area contributed by atoms with Gasteiger partial charge in [-0.15, -0.1) is 0 Å². The SMILES string of the molecule is CN(C)C1OS(=O)(=O)OC1=O. The molecule has 6 nitrogen and oxygen atoms in total. The van der Waals surface area contributed by atoms with Crippen LogP contribution in [0.2, 0.25) is 0 Å². The van der Waals surface area contributed by atoms with Gasteiger partial charge in [0.1, 0.15) is 0 Å². The van der Waals surface area contributed by atoms with E-state index in [0.717, 1.165) is 0 Å². The fraction of sp³-hybridized carbons (Fsp3) is 0.750. The van der Waals surface area contributed by atoms with E-state index >= 15 is 0 Å². The van der Waals surface area contributed by atoms with Crippen molar-refractivity contribution in [3.8, 4) is 0 Å². The van der Waals surface area contributed by atoms with Crippen LogP contribution in [-0.4, -0.2) is 39.6 Å². The molecule has 0 spiro atoms. The average Bonchev–Trinajstić information content (AvgIpc) is 2.05. The first kappa shape index (κ1) is 8.44. The second-order valence-electron chi connectivity index (χ2n) is 2.22. The van der Waals surface area contributed by atoms with E-state index in [-0.39, 0.29) is 0 Å². The molecule has 1 unspecified atom stereocenters. The summed E-state index contributed by atoms with van der Waals surface area (Å²) in [5.41, 5.74) is 0. The summed E-state index contributed by atoms with van der Waals surface area (Å²) in [5.74, 6) is -0.907. The molecule has 1 heterocycles. The van der Waals surface area contributed by atoms with E-state index < -0.39 is 22.6 Å². The molecule has 1 fully saturated rings. The molecule has 0 radical (unpaired) electrons. The maximum atomic E-state index is 10.7. The molecule has 0 aliphatic carbocycles.